The number of carbonyl (C=O) groups is 2. The molecular weight excluding hydrogens is 750 g/mol. The number of halogens is 3. The normalized spacial score (nSPS) is 21.3. The fraction of sp³-hybridized carbons (Fsp3) is 0.632. The molecule has 5 heterocycles. The molecule has 2 unspecified atom stereocenters. The second-order valence-corrected chi connectivity index (χ2v) is 30.0. The molecule has 3 aliphatic heterocycles. The number of nitrogens with zero attached hydrogens (tertiary/aromatic N) is 5. The third kappa shape index (κ3) is 8.80. The van der Waals surface area contributed by atoms with E-state index in [1.54, 1.807) is 18.5 Å². The summed E-state index contributed by atoms with van der Waals surface area (Å²) < 4.78 is 50.8. The van der Waals surface area contributed by atoms with Crippen LogP contribution in [0.3, 0.4) is 0 Å². The average Bonchev–Trinajstić information content (AvgIpc) is 3.60. The Morgan fingerprint density at radius 3 is 2.19 bits per heavy atom. The van der Waals surface area contributed by atoms with Gasteiger partial charge in [0.1, 0.15) is 30.4 Å². The Morgan fingerprint density at radius 2 is 1.59 bits per heavy atom. The van der Waals surface area contributed by atoms with Gasteiger partial charge in [-0.1, -0.05) is 56.9 Å². The quantitative estimate of drug-likeness (QED) is 0.135. The van der Waals surface area contributed by atoms with Crippen molar-refractivity contribution < 1.29 is 32.6 Å². The van der Waals surface area contributed by atoms with Crippen LogP contribution in [-0.4, -0.2) is 86.4 Å². The predicted octanol–water partition coefficient (Wildman–Crippen LogP) is 8.84. The van der Waals surface area contributed by atoms with Gasteiger partial charge in [-0.3, -0.25) is 9.69 Å². The monoisotopic (exact) mass is 804 g/mol. The van der Waals surface area contributed by atoms with Crippen molar-refractivity contribution >= 4 is 62.4 Å². The van der Waals surface area contributed by atoms with Crippen LogP contribution in [0.25, 0.3) is 22.3 Å². The molecule has 3 atom stereocenters. The Bertz CT molecular complexity index is 1880. The molecule has 2 aromatic heterocycles. The number of ether oxygens (including phenoxy) is 3. The molecule has 0 saturated carbocycles. The molecule has 1 aromatic carbocycles. The van der Waals surface area contributed by atoms with Crippen molar-refractivity contribution in [1.29, 1.82) is 0 Å². The standard InChI is InChI=1S/C38H55ClF2N6O5Si2/c1-37(2,3)52-36(49)43-24-18-25-10-11-26(19-24)47(25)30-20-42-33-28(21-45(34(33)44-30)22-50-14-16-53(4,5)6)27-12-13-29-31(32(27)39)38(40,41)35(48)46(29)23-51-15-17-54(7,8)9/h12-13,20-21,24-26H,10-11,14-19,22-23H2,1-9H3,(H,43,49)/t24?,25-,26?/m1/s1. The summed E-state index contributed by atoms with van der Waals surface area (Å²) in [5.41, 5.74) is 0.803. The van der Waals surface area contributed by atoms with Crippen molar-refractivity contribution in [1.82, 2.24) is 19.9 Å². The molecule has 0 aliphatic carbocycles. The van der Waals surface area contributed by atoms with Crippen molar-refractivity contribution in [3.63, 3.8) is 0 Å². The molecule has 3 aromatic rings. The fourth-order valence-corrected chi connectivity index (χ4v) is 9.38. The zero-order chi connectivity index (χ0) is 39.4. The van der Waals surface area contributed by atoms with E-state index in [4.69, 9.17) is 35.8 Å². The maximum absolute atomic E-state index is 15.8. The van der Waals surface area contributed by atoms with Gasteiger partial charge in [0.25, 0.3) is 0 Å². The van der Waals surface area contributed by atoms with Crippen LogP contribution in [0.4, 0.5) is 25.1 Å². The van der Waals surface area contributed by atoms with E-state index in [-0.39, 0.29) is 42.3 Å². The largest absolute Gasteiger partial charge is 0.444 e. The van der Waals surface area contributed by atoms with Crippen LogP contribution in [0.2, 0.25) is 56.4 Å². The third-order valence-corrected chi connectivity index (χ3v) is 14.0. The summed E-state index contributed by atoms with van der Waals surface area (Å²) in [5.74, 6) is -4.47. The lowest BCUT2D eigenvalue weighted by molar-refractivity contribution is -0.142. The summed E-state index contributed by atoms with van der Waals surface area (Å²) in [5, 5.41) is 2.85. The fourth-order valence-electron chi connectivity index (χ4n) is 7.49. The predicted molar refractivity (Wildman–Crippen MR) is 214 cm³/mol. The number of anilines is 2. The molecule has 6 rings (SSSR count). The molecule has 296 valence electrons. The van der Waals surface area contributed by atoms with Crippen molar-refractivity contribution in [3.05, 3.63) is 35.1 Å². The zero-order valence-electron chi connectivity index (χ0n) is 33.0. The SMILES string of the molecule is CC(C)(C)OC(=O)NC1CC2CC[C@H](C1)N2c1cnc2c(-c3ccc4c(c3Cl)C(F)(F)C(=O)N4COCC[Si](C)(C)C)cn(COCC[Si](C)(C)C)c2n1. The molecule has 0 spiro atoms. The minimum Gasteiger partial charge on any atom is -0.444 e. The lowest BCUT2D eigenvalue weighted by atomic mass is 9.97. The molecule has 2 bridgehead atoms. The lowest BCUT2D eigenvalue weighted by Crippen LogP contribution is -2.51. The van der Waals surface area contributed by atoms with Crippen molar-refractivity contribution in [3.8, 4) is 11.1 Å². The first-order valence-corrected chi connectivity index (χ1v) is 26.7. The first-order chi connectivity index (χ1) is 25.1. The number of rotatable bonds is 13. The highest BCUT2D eigenvalue weighted by molar-refractivity contribution is 6.76. The van der Waals surface area contributed by atoms with Crippen molar-refractivity contribution in [2.75, 3.05) is 29.7 Å². The van der Waals surface area contributed by atoms with Crippen LogP contribution in [-0.2, 0) is 31.7 Å². The highest BCUT2D eigenvalue weighted by atomic mass is 35.5. The Balaban J connectivity index is 1.31. The lowest BCUT2D eigenvalue weighted by Gasteiger charge is -2.39. The van der Waals surface area contributed by atoms with E-state index < -0.39 is 45.2 Å². The van der Waals surface area contributed by atoms with Crippen LogP contribution >= 0.6 is 11.6 Å². The maximum atomic E-state index is 15.8. The molecule has 2 saturated heterocycles. The van der Waals surface area contributed by atoms with E-state index in [9.17, 15) is 9.59 Å². The van der Waals surface area contributed by atoms with Gasteiger partial charge in [0.15, 0.2) is 5.65 Å². The van der Waals surface area contributed by atoms with Crippen LogP contribution in [0.1, 0.15) is 52.0 Å². The van der Waals surface area contributed by atoms with Crippen molar-refractivity contribution in [2.24, 2.45) is 0 Å². The zero-order valence-corrected chi connectivity index (χ0v) is 35.8. The minimum absolute atomic E-state index is 0.0138. The number of carbonyl (C=O) groups excluding carboxylic acids is 2. The number of amides is 2. The van der Waals surface area contributed by atoms with E-state index in [0.717, 1.165) is 42.7 Å². The van der Waals surface area contributed by atoms with Crippen LogP contribution in [0.5, 0.6) is 0 Å². The number of nitrogens with one attached hydrogen (secondary N) is 1. The van der Waals surface area contributed by atoms with E-state index in [2.05, 4.69) is 49.5 Å². The van der Waals surface area contributed by atoms with Crippen LogP contribution < -0.4 is 15.1 Å². The topological polar surface area (TPSA) is 111 Å². The van der Waals surface area contributed by atoms with Crippen molar-refractivity contribution in [2.45, 2.75) is 134 Å². The first-order valence-electron chi connectivity index (χ1n) is 19.0. The summed E-state index contributed by atoms with van der Waals surface area (Å²) in [7, 11) is -2.77. The van der Waals surface area contributed by atoms with Gasteiger partial charge in [-0.15, -0.1) is 0 Å². The van der Waals surface area contributed by atoms with E-state index in [0.29, 0.717) is 41.3 Å². The van der Waals surface area contributed by atoms with Gasteiger partial charge in [0.05, 0.1) is 22.5 Å². The molecular formula is C38H55ClF2N6O5Si2. The van der Waals surface area contributed by atoms with Gasteiger partial charge in [-0.05, 0) is 64.6 Å². The molecule has 11 nitrogen and oxygen atoms in total. The number of hydrogen-bond acceptors (Lipinski definition) is 8. The summed E-state index contributed by atoms with van der Waals surface area (Å²) >= 11 is 6.87. The first kappa shape index (κ1) is 40.5. The molecule has 0 radical (unpaired) electrons. The summed E-state index contributed by atoms with van der Waals surface area (Å²) in [4.78, 5) is 38.9. The molecule has 2 fully saturated rings. The van der Waals surface area contributed by atoms with Gasteiger partial charge >= 0.3 is 17.9 Å². The van der Waals surface area contributed by atoms with Crippen LogP contribution in [0.15, 0.2) is 24.5 Å². The van der Waals surface area contributed by atoms with E-state index >= 15 is 8.78 Å². The van der Waals surface area contributed by atoms with Gasteiger partial charge in [-0.25, -0.2) is 14.8 Å². The smallest absolute Gasteiger partial charge is 0.407 e. The highest BCUT2D eigenvalue weighted by Gasteiger charge is 2.55. The van der Waals surface area contributed by atoms with Gasteiger partial charge in [0.2, 0.25) is 0 Å². The minimum atomic E-state index is -3.83. The number of fused-ring (bicyclic) bond motifs is 4. The Kier molecular flexibility index (Phi) is 11.3. The number of alkyl halides is 2. The molecule has 16 heteroatoms. The number of benzene rings is 1. The Morgan fingerprint density at radius 1 is 0.981 bits per heavy atom. The second-order valence-electron chi connectivity index (χ2n) is 18.3. The molecule has 1 N–H and O–H groups in total. The number of aromatic nitrogens is 3. The van der Waals surface area contributed by atoms with Crippen LogP contribution in [0, 0.1) is 0 Å². The highest BCUT2D eigenvalue weighted by Crippen LogP contribution is 2.51. The van der Waals surface area contributed by atoms with Gasteiger partial charge in [-0.2, -0.15) is 8.78 Å². The Hall–Kier alpha value is -3.12. The van der Waals surface area contributed by atoms with E-state index in [1.807, 2.05) is 25.3 Å². The maximum Gasteiger partial charge on any atom is 0.407 e. The third-order valence-electron chi connectivity index (χ3n) is 10.2. The number of piperidine rings is 1. The molecule has 3 aliphatic rings. The summed E-state index contributed by atoms with van der Waals surface area (Å²) in [6, 6.07) is 5.29. The second kappa shape index (κ2) is 15.1. The number of hydrogen-bond donors (Lipinski definition) is 1. The average molecular weight is 806 g/mol. The van der Waals surface area contributed by atoms with Gasteiger partial charge in [0, 0.05) is 64.8 Å². The Labute approximate surface area is 324 Å². The van der Waals surface area contributed by atoms with Gasteiger partial charge < -0.3 is 29.0 Å². The van der Waals surface area contributed by atoms with E-state index in [1.165, 1.54) is 6.07 Å². The number of alkyl carbamates (subject to hydrolysis) is 1. The molecule has 2 amide bonds. The summed E-state index contributed by atoms with van der Waals surface area (Å²) in [6.45, 7) is 19.9. The summed E-state index contributed by atoms with van der Waals surface area (Å²) in [6.07, 6.45) is 6.54. The molecule has 54 heavy (non-hydrogen) atoms.